The van der Waals surface area contributed by atoms with Crippen LogP contribution in [-0.4, -0.2) is 24.6 Å². The molecular weight excluding hydrogens is 310 g/mol. The van der Waals surface area contributed by atoms with Gasteiger partial charge in [-0.2, -0.15) is 8.78 Å². The second kappa shape index (κ2) is 8.39. The summed E-state index contributed by atoms with van der Waals surface area (Å²) in [6.07, 6.45) is 1.43. The largest absolute Gasteiger partial charge is 0.433 e. The van der Waals surface area contributed by atoms with E-state index in [1.807, 2.05) is 13.8 Å². The van der Waals surface area contributed by atoms with Crippen LogP contribution >= 0.6 is 23.7 Å². The number of rotatable bonds is 7. The van der Waals surface area contributed by atoms with E-state index in [1.54, 1.807) is 0 Å². The van der Waals surface area contributed by atoms with Gasteiger partial charge in [0.2, 0.25) is 0 Å². The number of halogens is 3. The van der Waals surface area contributed by atoms with Crippen molar-refractivity contribution >= 4 is 29.7 Å². The molecule has 0 radical (unpaired) electrons. The van der Waals surface area contributed by atoms with Crippen molar-refractivity contribution < 1.29 is 18.3 Å². The number of amides is 1. The molecule has 1 heterocycles. The van der Waals surface area contributed by atoms with E-state index in [-0.39, 0.29) is 23.0 Å². The first kappa shape index (κ1) is 19.1. The average molecular weight is 329 g/mol. The molecule has 0 aromatic carbocycles. The summed E-state index contributed by atoms with van der Waals surface area (Å²) in [5.41, 5.74) is 5.58. The van der Waals surface area contributed by atoms with Crippen LogP contribution in [0.4, 0.5) is 8.78 Å². The molecule has 0 aliphatic heterocycles. The minimum absolute atomic E-state index is 0. The smallest absolute Gasteiger partial charge is 0.387 e. The summed E-state index contributed by atoms with van der Waals surface area (Å²) >= 11 is 1.05. The maximum atomic E-state index is 12.2. The Bertz CT molecular complexity index is 425. The topological polar surface area (TPSA) is 64.3 Å². The summed E-state index contributed by atoms with van der Waals surface area (Å²) in [5.74, 6) is -0.546. The first-order valence-electron chi connectivity index (χ1n) is 6.01. The van der Waals surface area contributed by atoms with Gasteiger partial charge in [-0.25, -0.2) is 0 Å². The number of nitrogens with two attached hydrogens (primary N) is 1. The predicted molar refractivity (Wildman–Crippen MR) is 78.0 cm³/mol. The molecule has 116 valence electrons. The molecule has 0 saturated carbocycles. The third-order valence-corrected chi connectivity index (χ3v) is 3.96. The summed E-state index contributed by atoms with van der Waals surface area (Å²) in [5, 5.41) is 4.19. The molecule has 1 aromatic rings. The Balaban J connectivity index is 0.00000361. The Hall–Kier alpha value is -0.920. The highest BCUT2D eigenvalue weighted by Crippen LogP contribution is 2.26. The summed E-state index contributed by atoms with van der Waals surface area (Å²) in [6, 6.07) is 1.35. The van der Waals surface area contributed by atoms with E-state index in [4.69, 9.17) is 5.73 Å². The zero-order chi connectivity index (χ0) is 14.5. The number of thiophene rings is 1. The number of carbonyl (C=O) groups is 1. The van der Waals surface area contributed by atoms with Crippen molar-refractivity contribution in [2.75, 3.05) is 6.54 Å². The SMILES string of the molecule is CCC(N)(CC)CNC(=O)c1sccc1OC(F)F.Cl. The summed E-state index contributed by atoms with van der Waals surface area (Å²) in [4.78, 5) is 12.0. The van der Waals surface area contributed by atoms with Crippen molar-refractivity contribution in [2.24, 2.45) is 5.73 Å². The maximum absolute atomic E-state index is 12.2. The van der Waals surface area contributed by atoms with Gasteiger partial charge in [0.05, 0.1) is 0 Å². The third-order valence-electron chi connectivity index (χ3n) is 3.06. The lowest BCUT2D eigenvalue weighted by molar-refractivity contribution is -0.0498. The van der Waals surface area contributed by atoms with Crippen LogP contribution in [0.3, 0.4) is 0 Å². The van der Waals surface area contributed by atoms with Crippen LogP contribution in [0.25, 0.3) is 0 Å². The van der Waals surface area contributed by atoms with E-state index in [0.717, 1.165) is 11.3 Å². The standard InChI is InChI=1S/C12H18F2N2O2S.ClH/c1-3-12(15,4-2)7-16-10(17)9-8(5-6-19-9)18-11(13)14;/h5-6,11H,3-4,7,15H2,1-2H3,(H,16,17);1H. The van der Waals surface area contributed by atoms with Crippen molar-refractivity contribution in [3.63, 3.8) is 0 Å². The number of alkyl halides is 2. The molecule has 0 bridgehead atoms. The average Bonchev–Trinajstić information content (AvgIpc) is 2.83. The van der Waals surface area contributed by atoms with Gasteiger partial charge in [-0.3, -0.25) is 4.79 Å². The van der Waals surface area contributed by atoms with Gasteiger partial charge < -0.3 is 15.8 Å². The number of carbonyl (C=O) groups excluding carboxylic acids is 1. The third kappa shape index (κ3) is 5.22. The summed E-state index contributed by atoms with van der Waals surface area (Å²) < 4.78 is 28.6. The van der Waals surface area contributed by atoms with Crippen LogP contribution in [0.15, 0.2) is 11.4 Å². The van der Waals surface area contributed by atoms with E-state index in [9.17, 15) is 13.6 Å². The molecule has 1 rings (SSSR count). The van der Waals surface area contributed by atoms with Crippen LogP contribution in [-0.2, 0) is 0 Å². The molecule has 0 fully saturated rings. The number of nitrogens with one attached hydrogen (secondary N) is 1. The molecule has 0 saturated heterocycles. The minimum atomic E-state index is -2.94. The lowest BCUT2D eigenvalue weighted by atomic mass is 9.94. The van der Waals surface area contributed by atoms with Gasteiger partial charge in [-0.1, -0.05) is 13.8 Å². The normalized spacial score (nSPS) is 11.1. The van der Waals surface area contributed by atoms with Crippen molar-refractivity contribution in [1.29, 1.82) is 0 Å². The van der Waals surface area contributed by atoms with Crippen molar-refractivity contribution in [1.82, 2.24) is 5.32 Å². The maximum Gasteiger partial charge on any atom is 0.387 e. The fourth-order valence-electron chi connectivity index (χ4n) is 1.49. The van der Waals surface area contributed by atoms with Gasteiger partial charge >= 0.3 is 6.61 Å². The van der Waals surface area contributed by atoms with Gasteiger partial charge in [-0.05, 0) is 24.3 Å². The molecule has 0 aliphatic carbocycles. The molecule has 0 aliphatic rings. The molecule has 0 atom stereocenters. The highest BCUT2D eigenvalue weighted by molar-refractivity contribution is 7.12. The fraction of sp³-hybridized carbons (Fsp3) is 0.583. The lowest BCUT2D eigenvalue weighted by Gasteiger charge is -2.26. The van der Waals surface area contributed by atoms with E-state index in [1.165, 1.54) is 11.4 Å². The molecule has 20 heavy (non-hydrogen) atoms. The molecule has 4 nitrogen and oxygen atoms in total. The van der Waals surface area contributed by atoms with Gasteiger partial charge in [0.25, 0.3) is 5.91 Å². The molecule has 0 unspecified atom stereocenters. The van der Waals surface area contributed by atoms with Gasteiger partial charge in [0, 0.05) is 12.1 Å². The monoisotopic (exact) mass is 328 g/mol. The second-order valence-corrected chi connectivity index (χ2v) is 5.16. The molecule has 8 heteroatoms. The van der Waals surface area contributed by atoms with E-state index < -0.39 is 18.1 Å². The molecular formula is C12H19ClF2N2O2S. The van der Waals surface area contributed by atoms with E-state index in [0.29, 0.717) is 19.4 Å². The second-order valence-electron chi connectivity index (χ2n) is 4.24. The molecule has 1 aromatic heterocycles. The molecule has 3 N–H and O–H groups in total. The number of hydrogen-bond acceptors (Lipinski definition) is 4. The summed E-state index contributed by atoms with van der Waals surface area (Å²) in [6.45, 7) is 1.23. The Morgan fingerprint density at radius 2 is 2.10 bits per heavy atom. The van der Waals surface area contributed by atoms with Crippen LogP contribution in [0.2, 0.25) is 0 Å². The Kier molecular flexibility index (Phi) is 8.00. The van der Waals surface area contributed by atoms with Crippen LogP contribution in [0.5, 0.6) is 5.75 Å². The van der Waals surface area contributed by atoms with Crippen LogP contribution in [0.1, 0.15) is 36.4 Å². The fourth-order valence-corrected chi connectivity index (χ4v) is 2.23. The predicted octanol–water partition coefficient (Wildman–Crippen LogP) is 3.02. The quantitative estimate of drug-likeness (QED) is 0.808. The highest BCUT2D eigenvalue weighted by Gasteiger charge is 2.23. The Morgan fingerprint density at radius 3 is 2.60 bits per heavy atom. The number of ether oxygens (including phenoxy) is 1. The van der Waals surface area contributed by atoms with Crippen molar-refractivity contribution in [3.05, 3.63) is 16.3 Å². The Labute approximate surface area is 127 Å². The summed E-state index contributed by atoms with van der Waals surface area (Å²) in [7, 11) is 0. The molecule has 1 amide bonds. The van der Waals surface area contributed by atoms with E-state index in [2.05, 4.69) is 10.1 Å². The first-order chi connectivity index (χ1) is 8.91. The highest BCUT2D eigenvalue weighted by atomic mass is 35.5. The van der Waals surface area contributed by atoms with Gasteiger partial charge in [0.1, 0.15) is 10.6 Å². The van der Waals surface area contributed by atoms with Crippen LogP contribution < -0.4 is 15.8 Å². The van der Waals surface area contributed by atoms with Crippen molar-refractivity contribution in [2.45, 2.75) is 38.8 Å². The van der Waals surface area contributed by atoms with Crippen molar-refractivity contribution in [3.8, 4) is 5.75 Å². The lowest BCUT2D eigenvalue weighted by Crippen LogP contribution is -2.49. The zero-order valence-corrected chi connectivity index (χ0v) is 13.0. The van der Waals surface area contributed by atoms with Crippen LogP contribution in [0, 0.1) is 0 Å². The van der Waals surface area contributed by atoms with Gasteiger partial charge in [-0.15, -0.1) is 23.7 Å². The van der Waals surface area contributed by atoms with Gasteiger partial charge in [0.15, 0.2) is 0 Å². The number of hydrogen-bond donors (Lipinski definition) is 2. The first-order valence-corrected chi connectivity index (χ1v) is 6.89. The van der Waals surface area contributed by atoms with E-state index >= 15 is 0 Å². The zero-order valence-electron chi connectivity index (χ0n) is 11.3. The molecule has 0 spiro atoms. The minimum Gasteiger partial charge on any atom is -0.433 e. The Morgan fingerprint density at radius 1 is 1.50 bits per heavy atom.